The number of piperidine rings is 1. The molecule has 0 radical (unpaired) electrons. The van der Waals surface area contributed by atoms with Crippen LogP contribution in [-0.4, -0.2) is 71.8 Å². The zero-order valence-electron chi connectivity index (χ0n) is 27.1. The number of hydrogen-bond acceptors (Lipinski definition) is 6. The topological polar surface area (TPSA) is 134 Å². The van der Waals surface area contributed by atoms with Gasteiger partial charge in [0.05, 0.1) is 6.04 Å². The molecule has 3 fully saturated rings. The first kappa shape index (κ1) is 33.4. The van der Waals surface area contributed by atoms with Gasteiger partial charge in [-0.1, -0.05) is 56.7 Å². The van der Waals surface area contributed by atoms with E-state index in [1.807, 2.05) is 24.3 Å². The molecule has 3 N–H and O–H groups in total. The minimum absolute atomic E-state index is 0.0982. The molecule has 248 valence electrons. The maximum atomic E-state index is 14.5. The largest absolute Gasteiger partial charge is 0.446 e. The molecule has 5 atom stereocenters. The molecule has 10 heteroatoms. The van der Waals surface area contributed by atoms with Crippen LogP contribution in [0.4, 0.5) is 4.79 Å². The Morgan fingerprint density at radius 3 is 2.30 bits per heavy atom. The van der Waals surface area contributed by atoms with E-state index in [9.17, 15) is 24.0 Å². The molecule has 46 heavy (non-hydrogen) atoms. The molecule has 4 aliphatic rings. The van der Waals surface area contributed by atoms with Gasteiger partial charge in [0.15, 0.2) is 0 Å². The number of nitrogens with one attached hydrogen (secondary N) is 3. The third-order valence-corrected chi connectivity index (χ3v) is 10.6. The molecular weight excluding hydrogens is 584 g/mol. The number of hydrogen-bond donors (Lipinski definition) is 3. The number of amides is 4. The number of carbonyl (C=O) groups excluding carboxylic acids is 5. The van der Waals surface area contributed by atoms with Gasteiger partial charge in [-0.3, -0.25) is 19.2 Å². The van der Waals surface area contributed by atoms with Gasteiger partial charge in [0, 0.05) is 13.1 Å². The predicted molar refractivity (Wildman–Crippen MR) is 173 cm³/mol. The number of nitrogens with zero attached hydrogens (tertiary/aromatic N) is 1. The normalized spacial score (nSPS) is 24.5. The van der Waals surface area contributed by atoms with Gasteiger partial charge >= 0.3 is 6.09 Å². The average Bonchev–Trinajstić information content (AvgIpc) is 3.40. The Labute approximate surface area is 271 Å². The summed E-state index contributed by atoms with van der Waals surface area (Å²) >= 11 is 0. The van der Waals surface area contributed by atoms with Gasteiger partial charge in [0.25, 0.3) is 5.91 Å². The fourth-order valence-electron chi connectivity index (χ4n) is 7.92. The van der Waals surface area contributed by atoms with E-state index >= 15 is 0 Å². The Hall–Kier alpha value is -3.95. The van der Waals surface area contributed by atoms with Crippen LogP contribution >= 0.6 is 0 Å². The molecule has 10 nitrogen and oxygen atoms in total. The highest BCUT2D eigenvalue weighted by Crippen LogP contribution is 2.65. The summed E-state index contributed by atoms with van der Waals surface area (Å²) in [5, 5.41) is 8.25. The summed E-state index contributed by atoms with van der Waals surface area (Å²) in [5.41, 5.74) is 2.11. The lowest BCUT2D eigenvalue weighted by Gasteiger charge is -2.35. The summed E-state index contributed by atoms with van der Waals surface area (Å²) in [4.78, 5) is 69.1. The highest BCUT2D eigenvalue weighted by Gasteiger charge is 2.69. The van der Waals surface area contributed by atoms with E-state index in [1.54, 1.807) is 11.0 Å². The highest BCUT2D eigenvalue weighted by atomic mass is 16.6. The minimum atomic E-state index is -1.07. The molecule has 0 aromatic heterocycles. The predicted octanol–water partition coefficient (Wildman–Crippen LogP) is 3.63. The van der Waals surface area contributed by atoms with Crippen molar-refractivity contribution < 1.29 is 28.7 Å². The van der Waals surface area contributed by atoms with Crippen LogP contribution in [0.1, 0.15) is 69.9 Å². The van der Waals surface area contributed by atoms with Gasteiger partial charge in [0.1, 0.15) is 18.2 Å². The number of alkyl carbamates (subject to hydrolysis) is 1. The van der Waals surface area contributed by atoms with Crippen molar-refractivity contribution in [3.05, 3.63) is 60.7 Å². The first-order valence-electron chi connectivity index (χ1n) is 16.7. The number of benzene rings is 1. The van der Waals surface area contributed by atoms with Gasteiger partial charge in [0.2, 0.25) is 17.6 Å². The van der Waals surface area contributed by atoms with Crippen LogP contribution in [0, 0.1) is 23.2 Å². The molecule has 0 bridgehead atoms. The van der Waals surface area contributed by atoms with E-state index in [2.05, 4.69) is 43.0 Å². The fourth-order valence-corrected chi connectivity index (χ4v) is 7.92. The summed E-state index contributed by atoms with van der Waals surface area (Å²) in [5.74, 6) is -2.57. The second kappa shape index (κ2) is 14.2. The van der Waals surface area contributed by atoms with Gasteiger partial charge in [-0.05, 0) is 85.7 Å². The van der Waals surface area contributed by atoms with Gasteiger partial charge in [-0.25, -0.2) is 4.79 Å². The number of allylic oxidation sites excluding steroid dienone is 1. The second-order valence-electron chi connectivity index (χ2n) is 13.9. The summed E-state index contributed by atoms with van der Waals surface area (Å²) in [6.45, 7) is 11.9. The lowest BCUT2D eigenvalue weighted by Crippen LogP contribution is -2.59. The van der Waals surface area contributed by atoms with Crippen LogP contribution in [0.3, 0.4) is 0 Å². The van der Waals surface area contributed by atoms with Crippen molar-refractivity contribution in [1.82, 2.24) is 20.9 Å². The molecule has 1 aromatic carbocycles. The second-order valence-corrected chi connectivity index (χ2v) is 13.9. The highest BCUT2D eigenvalue weighted by molar-refractivity contribution is 6.38. The van der Waals surface area contributed by atoms with Crippen molar-refractivity contribution in [2.45, 2.75) is 95.9 Å². The Morgan fingerprint density at radius 1 is 1.00 bits per heavy atom. The van der Waals surface area contributed by atoms with Crippen LogP contribution in [0.5, 0.6) is 0 Å². The SMILES string of the molecule is C=CCCC(NC(=O)C1C2C(CN1C(=O)C(NC(=O)OC1CCCCC1)C1Cc3ccccc3C1)C2(C)C)C(=O)C(=O)NCC=C. The number of fused-ring (bicyclic) bond motifs is 2. The molecule has 1 aliphatic heterocycles. The molecule has 0 spiro atoms. The number of carbonyl (C=O) groups is 5. The standard InChI is InChI=1S/C36H48N4O6/c1-5-7-17-27(31(41)33(43)37-18-6-2)38-32(42)30-28-26(36(28,3)4)21-40(30)34(44)29(24-19-22-13-11-12-14-23(22)20-24)39-35(45)46-25-15-9-8-10-16-25/h5-6,11-14,24-30H,1-2,7-10,15-21H2,3-4H3,(H,37,43)(H,38,42)(H,39,45). The minimum Gasteiger partial charge on any atom is -0.446 e. The van der Waals surface area contributed by atoms with Gasteiger partial charge in [-0.2, -0.15) is 0 Å². The number of Topliss-reactive ketones (excluding diaryl/α,β-unsaturated/α-hetero) is 1. The van der Waals surface area contributed by atoms with Crippen molar-refractivity contribution in [2.24, 2.45) is 23.2 Å². The molecule has 1 heterocycles. The van der Waals surface area contributed by atoms with Crippen LogP contribution < -0.4 is 16.0 Å². The van der Waals surface area contributed by atoms with Crippen molar-refractivity contribution in [2.75, 3.05) is 13.1 Å². The number of ketones is 1. The third kappa shape index (κ3) is 7.05. The molecule has 5 unspecified atom stereocenters. The van der Waals surface area contributed by atoms with Crippen molar-refractivity contribution in [3.63, 3.8) is 0 Å². The van der Waals surface area contributed by atoms with E-state index in [-0.39, 0.29) is 48.1 Å². The fraction of sp³-hybridized carbons (Fsp3) is 0.583. The first-order valence-corrected chi connectivity index (χ1v) is 16.7. The summed E-state index contributed by atoms with van der Waals surface area (Å²) in [7, 11) is 0. The zero-order chi connectivity index (χ0) is 33.0. The Kier molecular flexibility index (Phi) is 10.3. The summed E-state index contributed by atoms with van der Waals surface area (Å²) in [6, 6.07) is 5.24. The number of rotatable bonds is 13. The first-order chi connectivity index (χ1) is 22.1. The Bertz CT molecular complexity index is 1340. The van der Waals surface area contributed by atoms with Crippen molar-refractivity contribution in [1.29, 1.82) is 0 Å². The maximum absolute atomic E-state index is 14.5. The van der Waals surface area contributed by atoms with Crippen LogP contribution in [-0.2, 0) is 36.8 Å². The molecule has 4 amide bonds. The van der Waals surface area contributed by atoms with E-state index in [0.717, 1.165) is 43.2 Å². The van der Waals surface area contributed by atoms with Crippen molar-refractivity contribution >= 4 is 29.6 Å². The molecule has 1 saturated heterocycles. The van der Waals surface area contributed by atoms with Gasteiger partial charge < -0.3 is 25.6 Å². The van der Waals surface area contributed by atoms with Crippen LogP contribution in [0.25, 0.3) is 0 Å². The maximum Gasteiger partial charge on any atom is 0.408 e. The van der Waals surface area contributed by atoms with Crippen LogP contribution in [0.2, 0.25) is 0 Å². The monoisotopic (exact) mass is 632 g/mol. The zero-order valence-corrected chi connectivity index (χ0v) is 27.1. The molecular formula is C36H48N4O6. The van der Waals surface area contributed by atoms with E-state index in [0.29, 0.717) is 25.8 Å². The van der Waals surface area contributed by atoms with E-state index < -0.39 is 41.8 Å². The Morgan fingerprint density at radius 2 is 1.67 bits per heavy atom. The summed E-state index contributed by atoms with van der Waals surface area (Å²) in [6.07, 6.45) is 8.94. The molecule has 3 aliphatic carbocycles. The molecule has 5 rings (SSSR count). The van der Waals surface area contributed by atoms with E-state index in [1.165, 1.54) is 6.08 Å². The molecule has 1 aromatic rings. The third-order valence-electron chi connectivity index (χ3n) is 10.6. The summed E-state index contributed by atoms with van der Waals surface area (Å²) < 4.78 is 5.79. The van der Waals surface area contributed by atoms with Gasteiger partial charge in [-0.15, -0.1) is 13.2 Å². The molecule has 2 saturated carbocycles. The number of likely N-dealkylation sites (tertiary alicyclic amines) is 1. The average molecular weight is 633 g/mol. The van der Waals surface area contributed by atoms with Crippen LogP contribution in [0.15, 0.2) is 49.6 Å². The van der Waals surface area contributed by atoms with Crippen molar-refractivity contribution in [3.8, 4) is 0 Å². The quantitative estimate of drug-likeness (QED) is 0.225. The number of ether oxygens (including phenoxy) is 1. The Balaban J connectivity index is 1.37. The lowest BCUT2D eigenvalue weighted by molar-refractivity contribution is -0.144. The lowest BCUT2D eigenvalue weighted by atomic mass is 9.93. The van der Waals surface area contributed by atoms with E-state index in [4.69, 9.17) is 4.74 Å². The smallest absolute Gasteiger partial charge is 0.408 e.